The summed E-state index contributed by atoms with van der Waals surface area (Å²) < 4.78 is 0. The maximum absolute atomic E-state index is 12.1. The van der Waals surface area contributed by atoms with E-state index in [9.17, 15) is 9.70 Å². The van der Waals surface area contributed by atoms with E-state index in [-0.39, 0.29) is 17.3 Å². The number of hydrogen-bond donors (Lipinski definition) is 1. The Morgan fingerprint density at radius 2 is 2.08 bits per heavy atom. The molecule has 3 rings (SSSR count). The van der Waals surface area contributed by atoms with Crippen LogP contribution in [-0.4, -0.2) is 29.5 Å². The molecule has 1 N–H and O–H groups in total. The lowest BCUT2D eigenvalue weighted by molar-refractivity contribution is 0.0930. The highest BCUT2D eigenvalue weighted by atomic mass is 16.3. The van der Waals surface area contributed by atoms with E-state index in [0.29, 0.717) is 12.1 Å². The van der Waals surface area contributed by atoms with Crippen LogP contribution < -0.4 is 10.3 Å². The van der Waals surface area contributed by atoms with Gasteiger partial charge in [0.1, 0.15) is 0 Å². The van der Waals surface area contributed by atoms with E-state index < -0.39 is 0 Å². The minimum Gasteiger partial charge on any atom is -0.351 e. The number of benzene rings is 1. The Kier molecular flexibility index (Phi) is 3.79. The van der Waals surface area contributed by atoms with Gasteiger partial charge in [-0.15, -0.1) is 4.91 Å². The third-order valence-corrected chi connectivity index (χ3v) is 4.33. The third kappa shape index (κ3) is 2.62. The number of fused-ring (bicyclic) bond motifs is 1. The molecule has 0 bridgehead atoms. The third-order valence-electron chi connectivity index (χ3n) is 4.33. The molecule has 0 saturated heterocycles. The average Bonchev–Trinajstić information content (AvgIpc) is 2.58. The maximum Gasteiger partial charge on any atom is 0.251 e. The predicted octanol–water partition coefficient (Wildman–Crippen LogP) is 2.59. The second-order valence-corrected chi connectivity index (χ2v) is 6.63. The van der Waals surface area contributed by atoms with Crippen LogP contribution in [0.2, 0.25) is 0 Å². The van der Waals surface area contributed by atoms with Crippen molar-refractivity contribution in [2.24, 2.45) is 5.29 Å². The van der Waals surface area contributed by atoms with Crippen molar-refractivity contribution in [1.82, 2.24) is 15.3 Å². The van der Waals surface area contributed by atoms with Crippen LogP contribution in [0, 0.1) is 11.8 Å². The molecular formula is C17H19N5O2. The number of carbonyl (C=O) groups is 1. The first-order valence-electron chi connectivity index (χ1n) is 7.67. The number of nitrogens with one attached hydrogen (secondary N) is 1. The van der Waals surface area contributed by atoms with Gasteiger partial charge in [-0.2, -0.15) is 5.01 Å². The molecule has 0 aliphatic carbocycles. The molecule has 1 aliphatic heterocycles. The van der Waals surface area contributed by atoms with Gasteiger partial charge in [-0.1, -0.05) is 19.9 Å². The number of anilines is 1. The van der Waals surface area contributed by atoms with Gasteiger partial charge >= 0.3 is 0 Å². The molecule has 24 heavy (non-hydrogen) atoms. The van der Waals surface area contributed by atoms with Gasteiger partial charge in [-0.25, -0.2) is 9.97 Å². The zero-order chi connectivity index (χ0) is 17.5. The molecule has 2 aromatic rings. The summed E-state index contributed by atoms with van der Waals surface area (Å²) >= 11 is 0. The zero-order valence-corrected chi connectivity index (χ0v) is 14.1. The largest absolute Gasteiger partial charge is 0.351 e. The minimum atomic E-state index is -0.163. The lowest BCUT2D eigenvalue weighted by atomic mass is 9.78. The average molecular weight is 325 g/mol. The fourth-order valence-corrected chi connectivity index (χ4v) is 2.86. The van der Waals surface area contributed by atoms with Gasteiger partial charge in [0.2, 0.25) is 5.95 Å². The van der Waals surface area contributed by atoms with Crippen LogP contribution in [-0.2, 0) is 5.41 Å². The number of rotatable bonds is 3. The van der Waals surface area contributed by atoms with Gasteiger partial charge in [-0.05, 0) is 30.2 Å². The lowest BCUT2D eigenvalue weighted by Crippen LogP contribution is -2.43. The summed E-state index contributed by atoms with van der Waals surface area (Å²) in [7, 11) is 1.50. The molecule has 7 nitrogen and oxygen atoms in total. The second-order valence-electron chi connectivity index (χ2n) is 6.63. The molecule has 1 amide bonds. The van der Waals surface area contributed by atoms with E-state index >= 15 is 0 Å². The van der Waals surface area contributed by atoms with E-state index in [0.717, 1.165) is 27.4 Å². The summed E-state index contributed by atoms with van der Waals surface area (Å²) in [5.74, 6) is 0.182. The van der Waals surface area contributed by atoms with Crippen LogP contribution in [0.25, 0.3) is 11.3 Å². The number of amides is 1. The van der Waals surface area contributed by atoms with Crippen molar-refractivity contribution in [2.45, 2.75) is 26.2 Å². The second kappa shape index (κ2) is 5.67. The highest BCUT2D eigenvalue weighted by molar-refractivity contribution is 5.98. The fourth-order valence-electron chi connectivity index (χ4n) is 2.86. The molecule has 1 aromatic carbocycles. The number of hydrogen-bond acceptors (Lipinski definition) is 5. The molecule has 1 aliphatic rings. The summed E-state index contributed by atoms with van der Waals surface area (Å²) in [4.78, 5) is 31.4. The molecule has 7 heteroatoms. The van der Waals surface area contributed by atoms with Gasteiger partial charge in [-0.3, -0.25) is 4.79 Å². The Balaban J connectivity index is 2.15. The van der Waals surface area contributed by atoms with Gasteiger partial charge in [0.15, 0.2) is 0 Å². The SMILES string of the molecule is Cc1cnc(N(C)N=O)nc1-c1ccc2c(c1)C(C)(C)CNC2=O. The quantitative estimate of drug-likeness (QED) is 0.692. The number of aromatic nitrogens is 2. The maximum atomic E-state index is 12.1. The number of nitroso groups, excluding NO2 is 1. The van der Waals surface area contributed by atoms with Gasteiger partial charge < -0.3 is 5.32 Å². The number of carbonyl (C=O) groups excluding carboxylic acids is 1. The van der Waals surface area contributed by atoms with E-state index in [1.54, 1.807) is 6.20 Å². The van der Waals surface area contributed by atoms with E-state index in [2.05, 4.69) is 34.4 Å². The first-order chi connectivity index (χ1) is 11.3. The molecule has 124 valence electrons. The Labute approximate surface area is 140 Å². The van der Waals surface area contributed by atoms with Crippen molar-refractivity contribution in [1.29, 1.82) is 0 Å². The summed E-state index contributed by atoms with van der Waals surface area (Å²) in [5.41, 5.74) is 4.01. The first kappa shape index (κ1) is 16.0. The van der Waals surface area contributed by atoms with Crippen molar-refractivity contribution >= 4 is 11.9 Å². The van der Waals surface area contributed by atoms with E-state index in [1.165, 1.54) is 7.05 Å². The topological polar surface area (TPSA) is 87.6 Å². The highest BCUT2D eigenvalue weighted by Crippen LogP contribution is 2.33. The van der Waals surface area contributed by atoms with E-state index in [4.69, 9.17) is 0 Å². The fraction of sp³-hybridized carbons (Fsp3) is 0.353. The van der Waals surface area contributed by atoms with Crippen molar-refractivity contribution in [2.75, 3.05) is 18.6 Å². The van der Waals surface area contributed by atoms with Gasteiger partial charge in [0, 0.05) is 36.3 Å². The molecule has 1 aromatic heterocycles. The molecule has 0 radical (unpaired) electrons. The molecule has 0 spiro atoms. The van der Waals surface area contributed by atoms with E-state index in [1.807, 2.05) is 25.1 Å². The predicted molar refractivity (Wildman–Crippen MR) is 91.8 cm³/mol. The van der Waals surface area contributed by atoms with Crippen LogP contribution in [0.5, 0.6) is 0 Å². The lowest BCUT2D eigenvalue weighted by Gasteiger charge is -2.32. The molecule has 2 heterocycles. The summed E-state index contributed by atoms with van der Waals surface area (Å²) in [6, 6.07) is 5.69. The molecule has 0 unspecified atom stereocenters. The van der Waals surface area contributed by atoms with Crippen LogP contribution in [0.4, 0.5) is 5.95 Å². The Hall–Kier alpha value is -2.83. The monoisotopic (exact) mass is 325 g/mol. The smallest absolute Gasteiger partial charge is 0.251 e. The van der Waals surface area contributed by atoms with Crippen LogP contribution in [0.15, 0.2) is 29.7 Å². The minimum absolute atomic E-state index is 0.0548. The Bertz CT molecular complexity index is 832. The van der Waals surface area contributed by atoms with Gasteiger partial charge in [0.05, 0.1) is 11.0 Å². The summed E-state index contributed by atoms with van der Waals surface area (Å²) in [6.07, 6.45) is 1.66. The first-order valence-corrected chi connectivity index (χ1v) is 7.67. The molecule has 0 atom stereocenters. The van der Waals surface area contributed by atoms with Gasteiger partial charge in [0.25, 0.3) is 5.91 Å². The normalized spacial score (nSPS) is 15.4. The molecule has 0 saturated carbocycles. The van der Waals surface area contributed by atoms with Crippen LogP contribution in [0.1, 0.15) is 35.3 Å². The van der Waals surface area contributed by atoms with Crippen LogP contribution in [0.3, 0.4) is 0 Å². The molecular weight excluding hydrogens is 306 g/mol. The number of nitrogens with zero attached hydrogens (tertiary/aromatic N) is 4. The van der Waals surface area contributed by atoms with Crippen LogP contribution >= 0.6 is 0 Å². The van der Waals surface area contributed by atoms with Crippen molar-refractivity contribution in [3.8, 4) is 11.3 Å². The zero-order valence-electron chi connectivity index (χ0n) is 14.1. The summed E-state index contributed by atoms with van der Waals surface area (Å²) in [5, 5.41) is 6.83. The number of aryl methyl sites for hydroxylation is 1. The molecule has 0 fully saturated rings. The Morgan fingerprint density at radius 1 is 1.33 bits per heavy atom. The summed E-state index contributed by atoms with van der Waals surface area (Å²) in [6.45, 7) is 6.69. The van der Waals surface area contributed by atoms with Crippen molar-refractivity contribution in [3.63, 3.8) is 0 Å². The van der Waals surface area contributed by atoms with Crippen molar-refractivity contribution < 1.29 is 4.79 Å². The standard InChI is InChI=1S/C17H19N5O2/c1-10-8-18-16(22(4)21-24)20-14(10)11-5-6-12-13(7-11)17(2,3)9-19-15(12)23/h5-8H,9H2,1-4H3,(H,19,23). The van der Waals surface area contributed by atoms with Crippen molar-refractivity contribution in [3.05, 3.63) is 46.0 Å². The highest BCUT2D eigenvalue weighted by Gasteiger charge is 2.31. The Morgan fingerprint density at radius 3 is 2.79 bits per heavy atom.